The number of halogens is 1. The topological polar surface area (TPSA) is 80.9 Å². The van der Waals surface area contributed by atoms with E-state index in [0.717, 1.165) is 25.9 Å². The number of nitrogens with one attached hydrogen (secondary N) is 1. The van der Waals surface area contributed by atoms with Gasteiger partial charge in [-0.25, -0.2) is 9.97 Å². The van der Waals surface area contributed by atoms with E-state index >= 15 is 0 Å². The normalized spacial score (nSPS) is 10.8. The van der Waals surface area contributed by atoms with E-state index in [4.69, 9.17) is 5.73 Å². The van der Waals surface area contributed by atoms with Crippen molar-refractivity contribution >= 4 is 56.9 Å². The Labute approximate surface area is 148 Å². The van der Waals surface area contributed by atoms with Gasteiger partial charge in [0.2, 0.25) is 0 Å². The summed E-state index contributed by atoms with van der Waals surface area (Å²) in [5, 5.41) is 6.45. The van der Waals surface area contributed by atoms with Crippen LogP contribution in [0.1, 0.15) is 40.3 Å². The highest BCUT2D eigenvalue weighted by Gasteiger charge is 2.12. The number of benzene rings is 1. The average molecular weight is 369 g/mol. The third-order valence-corrected chi connectivity index (χ3v) is 5.31. The van der Waals surface area contributed by atoms with E-state index in [2.05, 4.69) is 29.1 Å². The molecule has 2 aromatic heterocycles. The minimum absolute atomic E-state index is 0. The first-order chi connectivity index (χ1) is 10.6. The van der Waals surface area contributed by atoms with Crippen LogP contribution in [0.3, 0.4) is 0 Å². The zero-order valence-corrected chi connectivity index (χ0v) is 15.1. The highest BCUT2D eigenvalue weighted by Crippen LogP contribution is 2.29. The van der Waals surface area contributed by atoms with Gasteiger partial charge >= 0.3 is 0 Å². The largest absolute Gasteiger partial charge is 0.325 e. The lowest BCUT2D eigenvalue weighted by Crippen LogP contribution is -2.12. The van der Waals surface area contributed by atoms with Gasteiger partial charge in [0.25, 0.3) is 5.91 Å². The van der Waals surface area contributed by atoms with Crippen LogP contribution < -0.4 is 11.1 Å². The molecule has 122 valence electrons. The van der Waals surface area contributed by atoms with Crippen LogP contribution in [0.2, 0.25) is 0 Å². The zero-order chi connectivity index (χ0) is 15.7. The number of nitrogens with zero attached hydrogens (tertiary/aromatic N) is 2. The zero-order valence-electron chi connectivity index (χ0n) is 12.7. The molecule has 5 nitrogen and oxygen atoms in total. The molecule has 3 N–H and O–H groups in total. The fourth-order valence-electron chi connectivity index (χ4n) is 1.97. The Morgan fingerprint density at radius 3 is 2.78 bits per heavy atom. The average Bonchev–Trinajstić information content (AvgIpc) is 3.13. The molecule has 0 saturated carbocycles. The molecule has 0 fully saturated rings. The number of carbonyl (C=O) groups excluding carboxylic acids is 1. The summed E-state index contributed by atoms with van der Waals surface area (Å²) in [7, 11) is 0. The second-order valence-electron chi connectivity index (χ2n) is 5.17. The second-order valence-corrected chi connectivity index (χ2v) is 7.18. The second kappa shape index (κ2) is 7.35. The smallest absolute Gasteiger partial charge is 0.275 e. The Hall–Kier alpha value is -1.54. The number of fused-ring (bicyclic) bond motifs is 1. The van der Waals surface area contributed by atoms with Gasteiger partial charge in [0.05, 0.1) is 15.2 Å². The van der Waals surface area contributed by atoms with E-state index in [-0.39, 0.29) is 18.3 Å². The summed E-state index contributed by atoms with van der Waals surface area (Å²) < 4.78 is 1.07. The Balaban J connectivity index is 0.00000192. The van der Waals surface area contributed by atoms with Crippen molar-refractivity contribution in [2.75, 3.05) is 5.32 Å². The van der Waals surface area contributed by atoms with Gasteiger partial charge in [-0.05, 0) is 18.2 Å². The number of amides is 1. The monoisotopic (exact) mass is 368 g/mol. The molecule has 0 spiro atoms. The number of nitrogens with two attached hydrogens (primary N) is 1. The van der Waals surface area contributed by atoms with Gasteiger partial charge in [0.15, 0.2) is 0 Å². The predicted octanol–water partition coefficient (Wildman–Crippen LogP) is 4.01. The summed E-state index contributed by atoms with van der Waals surface area (Å²) in [6, 6.07) is 5.74. The summed E-state index contributed by atoms with van der Waals surface area (Å²) in [4.78, 5) is 20.9. The van der Waals surface area contributed by atoms with Gasteiger partial charge in [-0.3, -0.25) is 4.79 Å². The van der Waals surface area contributed by atoms with E-state index in [1.807, 2.05) is 18.2 Å². The molecule has 0 saturated heterocycles. The van der Waals surface area contributed by atoms with Crippen molar-refractivity contribution in [1.29, 1.82) is 0 Å². The Morgan fingerprint density at radius 1 is 1.35 bits per heavy atom. The number of aromatic nitrogens is 2. The molecule has 0 aliphatic heterocycles. The lowest BCUT2D eigenvalue weighted by atomic mass is 10.2. The first kappa shape index (κ1) is 17.8. The maximum absolute atomic E-state index is 12.2. The van der Waals surface area contributed by atoms with Gasteiger partial charge < -0.3 is 11.1 Å². The maximum Gasteiger partial charge on any atom is 0.275 e. The molecule has 3 aromatic rings. The summed E-state index contributed by atoms with van der Waals surface area (Å²) in [6.07, 6.45) is 0. The molecule has 1 aromatic carbocycles. The molecule has 0 bridgehead atoms. The van der Waals surface area contributed by atoms with E-state index < -0.39 is 0 Å². The van der Waals surface area contributed by atoms with Crippen LogP contribution in [-0.2, 0) is 6.54 Å². The number of thiazole rings is 2. The lowest BCUT2D eigenvalue weighted by Gasteiger charge is -2.02. The molecule has 0 unspecified atom stereocenters. The molecule has 8 heteroatoms. The molecule has 0 atom stereocenters. The Bertz CT molecular complexity index is 828. The van der Waals surface area contributed by atoms with Gasteiger partial charge in [0.1, 0.15) is 10.7 Å². The van der Waals surface area contributed by atoms with Crippen LogP contribution >= 0.6 is 35.1 Å². The van der Waals surface area contributed by atoms with Crippen molar-refractivity contribution in [1.82, 2.24) is 9.97 Å². The lowest BCUT2D eigenvalue weighted by molar-refractivity contribution is 0.102. The first-order valence-electron chi connectivity index (χ1n) is 6.93. The summed E-state index contributed by atoms with van der Waals surface area (Å²) in [5.41, 5.74) is 7.63. The SMILES string of the molecule is CC(C)c1nc2ccc(NC(=O)c3csc(CN)n3)cc2s1.Cl. The van der Waals surface area contributed by atoms with E-state index in [0.29, 0.717) is 18.2 Å². The van der Waals surface area contributed by atoms with Crippen molar-refractivity contribution in [2.45, 2.75) is 26.3 Å². The molecule has 1 amide bonds. The molecule has 0 aliphatic carbocycles. The number of hydrogen-bond donors (Lipinski definition) is 2. The van der Waals surface area contributed by atoms with Crippen molar-refractivity contribution in [3.8, 4) is 0 Å². The highest BCUT2D eigenvalue weighted by atomic mass is 35.5. The molecular weight excluding hydrogens is 352 g/mol. The quantitative estimate of drug-likeness (QED) is 0.729. The van der Waals surface area contributed by atoms with Gasteiger partial charge in [-0.15, -0.1) is 35.1 Å². The van der Waals surface area contributed by atoms with Crippen LogP contribution in [0.15, 0.2) is 23.6 Å². The fraction of sp³-hybridized carbons (Fsp3) is 0.267. The van der Waals surface area contributed by atoms with Gasteiger partial charge in [0, 0.05) is 23.5 Å². The highest BCUT2D eigenvalue weighted by molar-refractivity contribution is 7.18. The minimum atomic E-state index is -0.219. The Kier molecular flexibility index (Phi) is 5.69. The van der Waals surface area contributed by atoms with E-state index in [1.54, 1.807) is 16.7 Å². The van der Waals surface area contributed by atoms with E-state index in [9.17, 15) is 4.79 Å². The molecular formula is C15H17ClN4OS2. The standard InChI is InChI=1S/C15H16N4OS2.ClH/c1-8(2)15-19-10-4-3-9(5-12(10)22-15)17-14(20)11-7-21-13(6-16)18-11;/h3-5,7-8H,6,16H2,1-2H3,(H,17,20);1H. The van der Waals surface area contributed by atoms with Crippen LogP contribution in [0.25, 0.3) is 10.2 Å². The molecule has 0 radical (unpaired) electrons. The minimum Gasteiger partial charge on any atom is -0.325 e. The fourth-order valence-corrected chi connectivity index (χ4v) is 3.64. The van der Waals surface area contributed by atoms with Crippen molar-refractivity contribution < 1.29 is 4.79 Å². The molecule has 23 heavy (non-hydrogen) atoms. The third-order valence-electron chi connectivity index (χ3n) is 3.12. The number of hydrogen-bond acceptors (Lipinski definition) is 6. The molecule has 2 heterocycles. The van der Waals surface area contributed by atoms with Crippen molar-refractivity contribution in [3.05, 3.63) is 39.3 Å². The Morgan fingerprint density at radius 2 is 2.13 bits per heavy atom. The first-order valence-corrected chi connectivity index (χ1v) is 8.62. The maximum atomic E-state index is 12.2. The van der Waals surface area contributed by atoms with Crippen LogP contribution in [0, 0.1) is 0 Å². The predicted molar refractivity (Wildman–Crippen MR) is 98.9 cm³/mol. The number of rotatable bonds is 4. The number of anilines is 1. The van der Waals surface area contributed by atoms with Crippen LogP contribution in [-0.4, -0.2) is 15.9 Å². The van der Waals surface area contributed by atoms with Crippen LogP contribution in [0.5, 0.6) is 0 Å². The van der Waals surface area contributed by atoms with Gasteiger partial charge in [-0.1, -0.05) is 13.8 Å². The summed E-state index contributed by atoms with van der Waals surface area (Å²) in [6.45, 7) is 4.60. The van der Waals surface area contributed by atoms with Gasteiger partial charge in [-0.2, -0.15) is 0 Å². The number of carbonyl (C=O) groups is 1. The molecule has 3 rings (SSSR count). The van der Waals surface area contributed by atoms with E-state index in [1.165, 1.54) is 11.3 Å². The third kappa shape index (κ3) is 3.87. The van der Waals surface area contributed by atoms with Crippen molar-refractivity contribution in [2.24, 2.45) is 5.73 Å². The molecule has 0 aliphatic rings. The summed E-state index contributed by atoms with van der Waals surface area (Å²) in [5.74, 6) is 0.184. The van der Waals surface area contributed by atoms with Crippen molar-refractivity contribution in [3.63, 3.8) is 0 Å². The summed E-state index contributed by atoms with van der Waals surface area (Å²) >= 11 is 3.05. The van der Waals surface area contributed by atoms with Crippen LogP contribution in [0.4, 0.5) is 5.69 Å².